The van der Waals surface area contributed by atoms with Gasteiger partial charge in [-0.05, 0) is 42.0 Å². The number of sulfonamides is 1. The number of ketones is 1. The van der Waals surface area contributed by atoms with Crippen molar-refractivity contribution in [1.82, 2.24) is 9.21 Å². The highest BCUT2D eigenvalue weighted by molar-refractivity contribution is 7.89. The summed E-state index contributed by atoms with van der Waals surface area (Å²) in [6.45, 7) is 1.38. The number of ether oxygens (including phenoxy) is 2. The average molecular weight is 503 g/mol. The number of hydrogen-bond acceptors (Lipinski definition) is 8. The van der Waals surface area contributed by atoms with Gasteiger partial charge >= 0.3 is 0 Å². The molecule has 0 unspecified atom stereocenters. The minimum Gasteiger partial charge on any atom is -0.508 e. The first-order chi connectivity index (χ1) is 16.8. The number of benzene rings is 2. The van der Waals surface area contributed by atoms with Crippen molar-refractivity contribution in [3.8, 4) is 5.75 Å². The number of carbonyl (C=O) groups is 2. The van der Waals surface area contributed by atoms with Crippen LogP contribution in [-0.4, -0.2) is 86.1 Å². The maximum Gasteiger partial charge on any atom is 0.295 e. The standard InChI is InChI=1S/C24H26N2O8S/c1-33-12-11-26-21(17-3-2-4-18(27)15-17)20(23(29)24(26)30)22(28)16-5-7-19(8-6-16)35(31,32)25-9-13-34-14-10-25/h2-8,15,21,27-28H,9-14H2,1H3/t21-/m1/s1. The highest BCUT2D eigenvalue weighted by Crippen LogP contribution is 2.40. The molecule has 2 aromatic carbocycles. The van der Waals surface area contributed by atoms with Gasteiger partial charge in [-0.1, -0.05) is 12.1 Å². The van der Waals surface area contributed by atoms with Crippen molar-refractivity contribution in [2.75, 3.05) is 46.6 Å². The number of carbonyl (C=O) groups excluding carboxylic acids is 2. The third-order valence-corrected chi connectivity index (χ3v) is 7.91. The molecule has 2 saturated heterocycles. The zero-order valence-corrected chi connectivity index (χ0v) is 19.9. The van der Waals surface area contributed by atoms with Gasteiger partial charge in [0.25, 0.3) is 11.7 Å². The summed E-state index contributed by atoms with van der Waals surface area (Å²) < 4.78 is 37.4. The van der Waals surface area contributed by atoms with E-state index in [1.54, 1.807) is 12.1 Å². The van der Waals surface area contributed by atoms with E-state index in [1.165, 1.54) is 52.7 Å². The van der Waals surface area contributed by atoms with Crippen LogP contribution in [0.1, 0.15) is 17.2 Å². The summed E-state index contributed by atoms with van der Waals surface area (Å²) in [6, 6.07) is 10.6. The van der Waals surface area contributed by atoms with Crippen molar-refractivity contribution in [1.29, 1.82) is 0 Å². The molecule has 10 nitrogen and oxygen atoms in total. The summed E-state index contributed by atoms with van der Waals surface area (Å²) in [5, 5.41) is 21.1. The van der Waals surface area contributed by atoms with Gasteiger partial charge in [-0.2, -0.15) is 4.31 Å². The van der Waals surface area contributed by atoms with Crippen LogP contribution in [-0.2, 0) is 29.1 Å². The van der Waals surface area contributed by atoms with Crippen molar-refractivity contribution < 1.29 is 37.7 Å². The second-order valence-electron chi connectivity index (χ2n) is 8.12. The Morgan fingerprint density at radius 3 is 2.43 bits per heavy atom. The molecule has 2 aliphatic heterocycles. The summed E-state index contributed by atoms with van der Waals surface area (Å²) in [5.41, 5.74) is 0.467. The van der Waals surface area contributed by atoms with E-state index in [9.17, 15) is 28.2 Å². The molecule has 2 aliphatic rings. The Morgan fingerprint density at radius 1 is 1.11 bits per heavy atom. The van der Waals surface area contributed by atoms with Crippen molar-refractivity contribution in [2.45, 2.75) is 10.9 Å². The van der Waals surface area contributed by atoms with E-state index in [0.717, 1.165) is 0 Å². The fourth-order valence-electron chi connectivity index (χ4n) is 4.22. The number of morpholine rings is 1. The van der Waals surface area contributed by atoms with Crippen LogP contribution < -0.4 is 0 Å². The average Bonchev–Trinajstić information content (AvgIpc) is 3.12. The molecule has 0 radical (unpaired) electrons. The Bertz CT molecular complexity index is 1250. The van der Waals surface area contributed by atoms with E-state index in [0.29, 0.717) is 18.8 Å². The van der Waals surface area contributed by atoms with Gasteiger partial charge < -0.3 is 24.6 Å². The van der Waals surface area contributed by atoms with Crippen molar-refractivity contribution in [3.63, 3.8) is 0 Å². The Balaban J connectivity index is 1.74. The quantitative estimate of drug-likeness (QED) is 0.330. The van der Waals surface area contributed by atoms with Crippen molar-refractivity contribution in [3.05, 3.63) is 65.2 Å². The number of rotatable bonds is 7. The maximum absolute atomic E-state index is 13.0. The van der Waals surface area contributed by atoms with Gasteiger partial charge in [0.1, 0.15) is 11.5 Å². The molecule has 11 heteroatoms. The van der Waals surface area contributed by atoms with Crippen LogP contribution in [0.4, 0.5) is 0 Å². The summed E-state index contributed by atoms with van der Waals surface area (Å²) >= 11 is 0. The Kier molecular flexibility index (Phi) is 7.22. The van der Waals surface area contributed by atoms with Crippen LogP contribution in [0.5, 0.6) is 5.75 Å². The SMILES string of the molecule is COCCN1C(=O)C(=O)C(=C(O)c2ccc(S(=O)(=O)N3CCOCC3)cc2)[C@H]1c1cccc(O)c1. The van der Waals surface area contributed by atoms with E-state index in [1.807, 2.05) is 0 Å². The lowest BCUT2D eigenvalue weighted by Crippen LogP contribution is -2.40. The smallest absolute Gasteiger partial charge is 0.295 e. The first kappa shape index (κ1) is 24.9. The molecule has 186 valence electrons. The van der Waals surface area contributed by atoms with Gasteiger partial charge in [-0.25, -0.2) is 8.42 Å². The summed E-state index contributed by atoms with van der Waals surface area (Å²) in [5.74, 6) is -2.18. The molecule has 1 atom stereocenters. The number of Topliss-reactive ketones (excluding diaryl/α,β-unsaturated/α-hetero) is 1. The molecule has 1 amide bonds. The summed E-state index contributed by atoms with van der Waals surface area (Å²) in [6.07, 6.45) is 0. The number of aliphatic hydroxyl groups excluding tert-OH is 1. The second kappa shape index (κ2) is 10.2. The lowest BCUT2D eigenvalue weighted by molar-refractivity contribution is -0.140. The highest BCUT2D eigenvalue weighted by Gasteiger charge is 2.46. The molecule has 0 saturated carbocycles. The Hall–Kier alpha value is -3.25. The van der Waals surface area contributed by atoms with E-state index < -0.39 is 33.5 Å². The summed E-state index contributed by atoms with van der Waals surface area (Å²) in [4.78, 5) is 27.1. The lowest BCUT2D eigenvalue weighted by atomic mass is 9.95. The number of likely N-dealkylation sites (tertiary alicyclic amines) is 1. The zero-order valence-electron chi connectivity index (χ0n) is 19.1. The van der Waals surface area contributed by atoms with Crippen LogP contribution in [0.15, 0.2) is 59.0 Å². The molecule has 35 heavy (non-hydrogen) atoms. The van der Waals surface area contributed by atoms with Gasteiger partial charge in [0.15, 0.2) is 0 Å². The molecule has 0 aliphatic carbocycles. The molecular weight excluding hydrogens is 476 g/mol. The first-order valence-electron chi connectivity index (χ1n) is 11.0. The second-order valence-corrected chi connectivity index (χ2v) is 10.1. The molecule has 2 aromatic rings. The largest absolute Gasteiger partial charge is 0.508 e. The summed E-state index contributed by atoms with van der Waals surface area (Å²) in [7, 11) is -2.27. The van der Waals surface area contributed by atoms with Crippen LogP contribution in [0.2, 0.25) is 0 Å². The van der Waals surface area contributed by atoms with Gasteiger partial charge in [0, 0.05) is 32.3 Å². The molecular formula is C24H26N2O8S. The number of nitrogens with zero attached hydrogens (tertiary/aromatic N) is 2. The number of amides is 1. The highest BCUT2D eigenvalue weighted by atomic mass is 32.2. The van der Waals surface area contributed by atoms with Crippen LogP contribution in [0.3, 0.4) is 0 Å². The molecule has 2 heterocycles. The predicted octanol–water partition coefficient (Wildman–Crippen LogP) is 1.48. The van der Waals surface area contributed by atoms with Crippen LogP contribution >= 0.6 is 0 Å². The number of methoxy groups -OCH3 is 1. The van der Waals surface area contributed by atoms with E-state index in [2.05, 4.69) is 0 Å². The number of aliphatic hydroxyl groups is 1. The molecule has 0 spiro atoms. The van der Waals surface area contributed by atoms with Gasteiger partial charge in [-0.3, -0.25) is 9.59 Å². The normalized spacial score (nSPS) is 20.9. The van der Waals surface area contributed by atoms with Gasteiger partial charge in [-0.15, -0.1) is 0 Å². The van der Waals surface area contributed by atoms with Gasteiger partial charge in [0.2, 0.25) is 10.0 Å². The lowest BCUT2D eigenvalue weighted by Gasteiger charge is -2.26. The molecule has 0 aromatic heterocycles. The monoisotopic (exact) mass is 502 g/mol. The van der Waals surface area contributed by atoms with Crippen LogP contribution in [0.25, 0.3) is 5.76 Å². The molecule has 4 rings (SSSR count). The van der Waals surface area contributed by atoms with Crippen molar-refractivity contribution in [2.24, 2.45) is 0 Å². The molecule has 2 N–H and O–H groups in total. The number of phenols is 1. The van der Waals surface area contributed by atoms with Crippen LogP contribution in [0, 0.1) is 0 Å². The molecule has 0 bridgehead atoms. The van der Waals surface area contributed by atoms with Gasteiger partial charge in [0.05, 0.1) is 36.3 Å². The third-order valence-electron chi connectivity index (χ3n) is 6.00. The van der Waals surface area contributed by atoms with E-state index in [4.69, 9.17) is 9.47 Å². The minimum absolute atomic E-state index is 0.0426. The number of phenolic OH excluding ortho intramolecular Hbond substituents is 1. The Labute approximate surface area is 203 Å². The number of hydrogen-bond donors (Lipinski definition) is 2. The zero-order chi connectivity index (χ0) is 25.2. The van der Waals surface area contributed by atoms with E-state index in [-0.39, 0.29) is 48.0 Å². The van der Waals surface area contributed by atoms with Crippen molar-refractivity contribution >= 4 is 27.5 Å². The van der Waals surface area contributed by atoms with E-state index >= 15 is 0 Å². The third kappa shape index (κ3) is 4.80. The Morgan fingerprint density at radius 2 is 1.80 bits per heavy atom. The fourth-order valence-corrected chi connectivity index (χ4v) is 5.63. The minimum atomic E-state index is -3.74. The number of aromatic hydroxyl groups is 1. The predicted molar refractivity (Wildman–Crippen MR) is 125 cm³/mol. The first-order valence-corrected chi connectivity index (χ1v) is 12.4. The fraction of sp³-hybridized carbons (Fsp3) is 0.333. The maximum atomic E-state index is 13.0. The topological polar surface area (TPSA) is 134 Å². The molecule has 2 fully saturated rings.